The van der Waals surface area contributed by atoms with E-state index in [-0.39, 0.29) is 24.7 Å². The number of nitrogens with zero attached hydrogens (tertiary/aromatic N) is 1. The highest BCUT2D eigenvalue weighted by molar-refractivity contribution is 7.98. The molecule has 0 aliphatic carbocycles. The van der Waals surface area contributed by atoms with E-state index in [1.54, 1.807) is 16.7 Å². The van der Waals surface area contributed by atoms with Crippen molar-refractivity contribution in [3.8, 4) is 0 Å². The van der Waals surface area contributed by atoms with Gasteiger partial charge in [0.2, 0.25) is 11.8 Å². The molecule has 1 N–H and O–H groups in total. The predicted molar refractivity (Wildman–Crippen MR) is 111 cm³/mol. The molecule has 8 heteroatoms. The van der Waals surface area contributed by atoms with Crippen LogP contribution in [-0.2, 0) is 19.1 Å². The SMILES string of the molecule is COC(=O)C[C@@H](NC(=O)[C@@H]1CC(=O)N(c2ccc(SC)cc2)C1)c1cccs1. The van der Waals surface area contributed by atoms with Crippen molar-refractivity contribution in [2.75, 3.05) is 24.8 Å². The van der Waals surface area contributed by atoms with Crippen LogP contribution in [0.15, 0.2) is 46.7 Å². The van der Waals surface area contributed by atoms with Crippen LogP contribution >= 0.6 is 23.1 Å². The smallest absolute Gasteiger partial charge is 0.307 e. The number of thiophene rings is 1. The van der Waals surface area contributed by atoms with Crippen molar-refractivity contribution in [3.05, 3.63) is 46.7 Å². The van der Waals surface area contributed by atoms with E-state index < -0.39 is 17.9 Å². The fourth-order valence-electron chi connectivity index (χ4n) is 3.15. The highest BCUT2D eigenvalue weighted by Gasteiger charge is 2.36. The zero-order chi connectivity index (χ0) is 20.1. The van der Waals surface area contributed by atoms with Crippen LogP contribution in [0, 0.1) is 5.92 Å². The molecule has 2 amide bonds. The summed E-state index contributed by atoms with van der Waals surface area (Å²) in [5, 5.41) is 4.82. The Morgan fingerprint density at radius 3 is 2.68 bits per heavy atom. The quantitative estimate of drug-likeness (QED) is 0.552. The summed E-state index contributed by atoms with van der Waals surface area (Å²) < 4.78 is 4.75. The molecule has 6 nitrogen and oxygen atoms in total. The standard InChI is InChI=1S/C20H22N2O4S2/c1-26-19(24)11-16(17-4-3-9-28-17)21-20(25)13-10-18(23)22(12-13)14-5-7-15(27-2)8-6-14/h3-9,13,16H,10-12H2,1-2H3,(H,21,25)/t13-,16-/m1/s1. The molecule has 1 aliphatic heterocycles. The Morgan fingerprint density at radius 2 is 2.07 bits per heavy atom. The number of carbonyl (C=O) groups excluding carboxylic acids is 3. The van der Waals surface area contributed by atoms with Gasteiger partial charge in [0.05, 0.1) is 25.5 Å². The van der Waals surface area contributed by atoms with Gasteiger partial charge in [-0.3, -0.25) is 14.4 Å². The first-order valence-electron chi connectivity index (χ1n) is 8.86. The number of carbonyl (C=O) groups is 3. The molecule has 1 aromatic heterocycles. The monoisotopic (exact) mass is 418 g/mol. The number of thioether (sulfide) groups is 1. The molecular weight excluding hydrogens is 396 g/mol. The summed E-state index contributed by atoms with van der Waals surface area (Å²) in [4.78, 5) is 40.6. The second kappa shape index (κ2) is 9.25. The van der Waals surface area contributed by atoms with Crippen LogP contribution in [0.2, 0.25) is 0 Å². The van der Waals surface area contributed by atoms with Gasteiger partial charge in [0.1, 0.15) is 0 Å². The number of benzene rings is 1. The maximum atomic E-state index is 12.8. The first-order valence-corrected chi connectivity index (χ1v) is 11.0. The number of hydrogen-bond acceptors (Lipinski definition) is 6. The fourth-order valence-corrected chi connectivity index (χ4v) is 4.33. The Kier molecular flexibility index (Phi) is 6.74. The molecule has 2 heterocycles. The lowest BCUT2D eigenvalue weighted by Crippen LogP contribution is -2.36. The van der Waals surface area contributed by atoms with Crippen LogP contribution in [-0.4, -0.2) is 37.7 Å². The van der Waals surface area contributed by atoms with Gasteiger partial charge in [-0.1, -0.05) is 6.07 Å². The van der Waals surface area contributed by atoms with E-state index in [2.05, 4.69) is 5.32 Å². The zero-order valence-electron chi connectivity index (χ0n) is 15.7. The molecule has 0 radical (unpaired) electrons. The molecule has 28 heavy (non-hydrogen) atoms. The lowest BCUT2D eigenvalue weighted by atomic mass is 10.1. The van der Waals surface area contributed by atoms with E-state index in [1.807, 2.05) is 48.0 Å². The molecule has 0 unspecified atom stereocenters. The van der Waals surface area contributed by atoms with Crippen molar-refractivity contribution >= 4 is 46.6 Å². The van der Waals surface area contributed by atoms with E-state index >= 15 is 0 Å². The molecule has 1 aliphatic rings. The zero-order valence-corrected chi connectivity index (χ0v) is 17.3. The van der Waals surface area contributed by atoms with Crippen LogP contribution < -0.4 is 10.2 Å². The molecule has 1 aromatic carbocycles. The van der Waals surface area contributed by atoms with E-state index in [1.165, 1.54) is 18.4 Å². The Hall–Kier alpha value is -2.32. The van der Waals surface area contributed by atoms with Crippen LogP contribution in [0.1, 0.15) is 23.8 Å². The van der Waals surface area contributed by atoms with Crippen molar-refractivity contribution in [2.45, 2.75) is 23.8 Å². The highest BCUT2D eigenvalue weighted by Crippen LogP contribution is 2.29. The first kappa shape index (κ1) is 20.4. The third-order valence-corrected chi connectivity index (χ3v) is 6.41. The topological polar surface area (TPSA) is 75.7 Å². The number of esters is 1. The fraction of sp³-hybridized carbons (Fsp3) is 0.350. The Bertz CT molecular complexity index is 836. The summed E-state index contributed by atoms with van der Waals surface area (Å²) in [7, 11) is 1.32. The van der Waals surface area contributed by atoms with Crippen molar-refractivity contribution in [2.24, 2.45) is 5.92 Å². The predicted octanol–water partition coefficient (Wildman–Crippen LogP) is 3.24. The minimum absolute atomic E-state index is 0.0588. The van der Waals surface area contributed by atoms with Gasteiger partial charge in [0.25, 0.3) is 0 Å². The van der Waals surface area contributed by atoms with Gasteiger partial charge in [-0.25, -0.2) is 0 Å². The minimum Gasteiger partial charge on any atom is -0.469 e. The summed E-state index contributed by atoms with van der Waals surface area (Å²) in [6.07, 6.45) is 2.21. The molecule has 1 saturated heterocycles. The van der Waals surface area contributed by atoms with Crippen molar-refractivity contribution in [1.29, 1.82) is 0 Å². The minimum atomic E-state index is -0.454. The number of ether oxygens (including phenoxy) is 1. The first-order chi connectivity index (χ1) is 13.5. The van der Waals surface area contributed by atoms with Crippen LogP contribution in [0.4, 0.5) is 5.69 Å². The van der Waals surface area contributed by atoms with E-state index in [4.69, 9.17) is 4.74 Å². The van der Waals surface area contributed by atoms with Gasteiger partial charge >= 0.3 is 5.97 Å². The second-order valence-electron chi connectivity index (χ2n) is 6.46. The normalized spacial score (nSPS) is 17.4. The molecule has 2 atom stereocenters. The molecule has 148 valence electrons. The highest BCUT2D eigenvalue weighted by atomic mass is 32.2. The molecule has 0 saturated carbocycles. The largest absolute Gasteiger partial charge is 0.469 e. The van der Waals surface area contributed by atoms with E-state index in [9.17, 15) is 14.4 Å². The number of amides is 2. The molecule has 1 fully saturated rings. The van der Waals surface area contributed by atoms with Crippen LogP contribution in [0.5, 0.6) is 0 Å². The summed E-state index contributed by atoms with van der Waals surface area (Å²) in [5.74, 6) is -1.14. The number of hydrogen-bond donors (Lipinski definition) is 1. The average molecular weight is 419 g/mol. The average Bonchev–Trinajstić information content (AvgIpc) is 3.37. The van der Waals surface area contributed by atoms with Crippen molar-refractivity contribution in [3.63, 3.8) is 0 Å². The van der Waals surface area contributed by atoms with Gasteiger partial charge in [-0.15, -0.1) is 23.1 Å². The van der Waals surface area contributed by atoms with Crippen molar-refractivity contribution in [1.82, 2.24) is 5.32 Å². The van der Waals surface area contributed by atoms with Gasteiger partial charge in [0.15, 0.2) is 0 Å². The third kappa shape index (κ3) is 4.74. The second-order valence-corrected chi connectivity index (χ2v) is 8.32. The number of nitrogens with one attached hydrogen (secondary N) is 1. The van der Waals surface area contributed by atoms with Gasteiger partial charge < -0.3 is 15.0 Å². The Balaban J connectivity index is 1.67. The van der Waals surface area contributed by atoms with E-state index in [0.29, 0.717) is 6.54 Å². The Labute approximate surface area is 172 Å². The summed E-state index contributed by atoms with van der Waals surface area (Å²) in [6, 6.07) is 11.0. The summed E-state index contributed by atoms with van der Waals surface area (Å²) in [5.41, 5.74) is 0.794. The Morgan fingerprint density at radius 1 is 1.32 bits per heavy atom. The number of rotatable bonds is 7. The lowest BCUT2D eigenvalue weighted by Gasteiger charge is -2.20. The van der Waals surface area contributed by atoms with Gasteiger partial charge in [-0.05, 0) is 42.0 Å². The maximum Gasteiger partial charge on any atom is 0.307 e. The molecule has 0 spiro atoms. The lowest BCUT2D eigenvalue weighted by molar-refractivity contribution is -0.141. The number of methoxy groups -OCH3 is 1. The van der Waals surface area contributed by atoms with Crippen LogP contribution in [0.25, 0.3) is 0 Å². The summed E-state index contributed by atoms with van der Waals surface area (Å²) >= 11 is 3.10. The van der Waals surface area contributed by atoms with Crippen LogP contribution in [0.3, 0.4) is 0 Å². The molecule has 3 rings (SSSR count). The maximum absolute atomic E-state index is 12.8. The molecule has 0 bridgehead atoms. The number of anilines is 1. The summed E-state index contributed by atoms with van der Waals surface area (Å²) in [6.45, 7) is 0.332. The van der Waals surface area contributed by atoms with Gasteiger partial charge in [-0.2, -0.15) is 0 Å². The molecule has 2 aromatic rings. The van der Waals surface area contributed by atoms with Gasteiger partial charge in [0, 0.05) is 28.4 Å². The third-order valence-electron chi connectivity index (χ3n) is 4.68. The van der Waals surface area contributed by atoms with Crippen molar-refractivity contribution < 1.29 is 19.1 Å². The van der Waals surface area contributed by atoms with E-state index in [0.717, 1.165) is 15.5 Å². The molecular formula is C20H22N2O4S2.